The number of benzene rings is 2. The van der Waals surface area contributed by atoms with E-state index in [9.17, 15) is 18.7 Å². The summed E-state index contributed by atoms with van der Waals surface area (Å²) in [5, 5.41) is 9.40. The smallest absolute Gasteiger partial charge is 0.354 e. The summed E-state index contributed by atoms with van der Waals surface area (Å²) in [7, 11) is 1.66. The van der Waals surface area contributed by atoms with E-state index in [0.717, 1.165) is 42.0 Å². The van der Waals surface area contributed by atoms with Crippen LogP contribution < -0.4 is 4.74 Å². The number of pyridine rings is 1. The Hall–Kier alpha value is -4.11. The second-order valence-corrected chi connectivity index (χ2v) is 11.4. The molecule has 0 spiro atoms. The summed E-state index contributed by atoms with van der Waals surface area (Å²) in [5.74, 6) is -2.33. The minimum Gasteiger partial charge on any atom is -0.488 e. The average molecular weight is 573 g/mol. The number of alkyl halides is 2. The summed E-state index contributed by atoms with van der Waals surface area (Å²) < 4.78 is 35.2. The Morgan fingerprint density at radius 3 is 2.60 bits per heavy atom. The lowest BCUT2D eigenvalue weighted by atomic mass is 9.89. The van der Waals surface area contributed by atoms with Gasteiger partial charge in [0.15, 0.2) is 5.82 Å². The molecule has 6 rings (SSSR count). The van der Waals surface area contributed by atoms with Gasteiger partial charge in [-0.25, -0.2) is 23.5 Å². The third-order valence-electron chi connectivity index (χ3n) is 8.57. The predicted octanol–water partition coefficient (Wildman–Crippen LogP) is 6.67. The molecular weight excluding hydrogens is 538 g/mol. The highest BCUT2D eigenvalue weighted by atomic mass is 19.3. The van der Waals surface area contributed by atoms with Gasteiger partial charge in [-0.3, -0.25) is 4.90 Å². The maximum Gasteiger partial charge on any atom is 0.354 e. The molecule has 2 aromatic carbocycles. The minimum atomic E-state index is -2.50. The Morgan fingerprint density at radius 1 is 1.07 bits per heavy atom. The van der Waals surface area contributed by atoms with Gasteiger partial charge in [0, 0.05) is 44.6 Å². The first-order valence-corrected chi connectivity index (χ1v) is 14.4. The van der Waals surface area contributed by atoms with Crippen molar-refractivity contribution in [1.29, 1.82) is 0 Å². The molecule has 0 saturated heterocycles. The molecule has 1 N–H and O–H groups in total. The molecule has 0 amide bonds. The van der Waals surface area contributed by atoms with Gasteiger partial charge in [-0.15, -0.1) is 0 Å². The summed E-state index contributed by atoms with van der Waals surface area (Å²) in [6.45, 7) is 4.10. The van der Waals surface area contributed by atoms with Crippen molar-refractivity contribution in [2.45, 2.75) is 64.1 Å². The average Bonchev–Trinajstić information content (AvgIpc) is 3.37. The predicted molar refractivity (Wildman–Crippen MR) is 156 cm³/mol. The summed E-state index contributed by atoms with van der Waals surface area (Å²) in [6, 6.07) is 18.2. The van der Waals surface area contributed by atoms with Gasteiger partial charge in [-0.2, -0.15) is 0 Å². The number of carboxylic acids is 1. The molecule has 1 fully saturated rings. The van der Waals surface area contributed by atoms with E-state index in [0.29, 0.717) is 36.7 Å². The third-order valence-corrected chi connectivity index (χ3v) is 8.57. The quantitative estimate of drug-likeness (QED) is 0.266. The first-order valence-electron chi connectivity index (χ1n) is 14.4. The van der Waals surface area contributed by atoms with Crippen LogP contribution in [0.5, 0.6) is 5.75 Å². The topological polar surface area (TPSA) is 80.5 Å². The van der Waals surface area contributed by atoms with Crippen LogP contribution in [0.2, 0.25) is 0 Å². The van der Waals surface area contributed by atoms with E-state index < -0.39 is 11.9 Å². The molecule has 9 heteroatoms. The summed E-state index contributed by atoms with van der Waals surface area (Å²) in [4.78, 5) is 23.0. The first kappa shape index (κ1) is 28.0. The van der Waals surface area contributed by atoms with Gasteiger partial charge >= 0.3 is 5.97 Å². The number of fused-ring (bicyclic) bond motifs is 1. The van der Waals surface area contributed by atoms with Crippen LogP contribution in [0.15, 0.2) is 60.8 Å². The summed E-state index contributed by atoms with van der Waals surface area (Å²) in [5.41, 5.74) is 6.83. The molecular formula is C33H34F2N4O3. The number of carboxylic acid groups (broad SMARTS) is 1. The summed E-state index contributed by atoms with van der Waals surface area (Å²) in [6.07, 6.45) is 3.35. The van der Waals surface area contributed by atoms with Crippen LogP contribution in [0.1, 0.15) is 58.4 Å². The molecule has 0 unspecified atom stereocenters. The van der Waals surface area contributed by atoms with E-state index >= 15 is 0 Å². The number of imidazole rings is 1. The Balaban J connectivity index is 1.18. The molecule has 1 aliphatic carbocycles. The van der Waals surface area contributed by atoms with E-state index in [1.807, 2.05) is 43.3 Å². The van der Waals surface area contributed by atoms with Gasteiger partial charge in [-0.05, 0) is 66.6 Å². The normalized spacial score (nSPS) is 17.1. The van der Waals surface area contributed by atoms with Crippen LogP contribution in [-0.4, -0.2) is 49.0 Å². The van der Waals surface area contributed by atoms with E-state index in [4.69, 9.17) is 9.72 Å². The van der Waals surface area contributed by atoms with Gasteiger partial charge in [0.05, 0.1) is 11.9 Å². The lowest BCUT2D eigenvalue weighted by Gasteiger charge is -2.39. The Kier molecular flexibility index (Phi) is 7.53. The Bertz CT molecular complexity index is 1620. The van der Waals surface area contributed by atoms with Crippen LogP contribution in [0, 0.1) is 6.92 Å². The second kappa shape index (κ2) is 11.3. The monoisotopic (exact) mass is 572 g/mol. The largest absolute Gasteiger partial charge is 0.488 e. The number of ether oxygens (including phenoxy) is 1. The molecule has 0 bridgehead atoms. The van der Waals surface area contributed by atoms with Crippen LogP contribution in [-0.2, 0) is 26.6 Å². The van der Waals surface area contributed by atoms with Crippen molar-refractivity contribution in [3.63, 3.8) is 0 Å². The van der Waals surface area contributed by atoms with Crippen molar-refractivity contribution < 1.29 is 23.4 Å². The number of aromatic carboxylic acids is 1. The number of halogens is 2. The van der Waals surface area contributed by atoms with Crippen molar-refractivity contribution in [1.82, 2.24) is 19.4 Å². The molecule has 3 heterocycles. The summed E-state index contributed by atoms with van der Waals surface area (Å²) >= 11 is 0. The van der Waals surface area contributed by atoms with E-state index in [2.05, 4.69) is 28.1 Å². The number of nitrogens with zero attached hydrogens (tertiary/aromatic N) is 4. The fraction of sp³-hybridized carbons (Fsp3) is 0.364. The highest BCUT2D eigenvalue weighted by molar-refractivity contribution is 5.86. The van der Waals surface area contributed by atoms with Crippen molar-refractivity contribution in [3.8, 4) is 28.5 Å². The van der Waals surface area contributed by atoms with Gasteiger partial charge < -0.3 is 14.4 Å². The van der Waals surface area contributed by atoms with E-state index in [1.165, 1.54) is 21.9 Å². The van der Waals surface area contributed by atoms with Crippen molar-refractivity contribution in [3.05, 3.63) is 88.7 Å². The number of aromatic nitrogens is 3. The van der Waals surface area contributed by atoms with Crippen molar-refractivity contribution in [2.75, 3.05) is 6.54 Å². The number of hydrogen-bond donors (Lipinski definition) is 1. The lowest BCUT2D eigenvalue weighted by molar-refractivity contribution is -0.0552. The number of para-hydroxylation sites is 1. The number of carbonyl (C=O) groups is 1. The maximum absolute atomic E-state index is 13.6. The Morgan fingerprint density at radius 2 is 1.83 bits per heavy atom. The number of aryl methyl sites for hydroxylation is 1. The molecule has 2 aliphatic rings. The maximum atomic E-state index is 13.6. The van der Waals surface area contributed by atoms with Crippen molar-refractivity contribution in [2.24, 2.45) is 7.05 Å². The standard InChI is InChI=1S/C33H34F2N4O3/c1-21-5-3-6-26(27-7-4-8-28(37-27)31-36-18-29(32(40)41)38(31)2)30(21)42-20-22-9-10-24-19-39(16-13-23(24)17-22)25-11-14-33(34,35)15-12-25/h3-10,17-18,25H,11-16,19-20H2,1-2H3,(H,40,41). The molecule has 2 aromatic heterocycles. The molecule has 0 radical (unpaired) electrons. The third kappa shape index (κ3) is 5.66. The fourth-order valence-electron chi connectivity index (χ4n) is 6.18. The van der Waals surface area contributed by atoms with Gasteiger partial charge in [0.25, 0.3) is 0 Å². The molecule has 7 nitrogen and oxygen atoms in total. The van der Waals surface area contributed by atoms with Crippen LogP contribution >= 0.6 is 0 Å². The fourth-order valence-corrected chi connectivity index (χ4v) is 6.18. The minimum absolute atomic E-state index is 0.00727. The first-order chi connectivity index (χ1) is 20.2. The van der Waals surface area contributed by atoms with E-state index in [1.54, 1.807) is 7.05 Å². The molecule has 0 atom stereocenters. The molecule has 218 valence electrons. The molecule has 4 aromatic rings. The highest BCUT2D eigenvalue weighted by Gasteiger charge is 2.37. The number of hydrogen-bond acceptors (Lipinski definition) is 5. The zero-order valence-electron chi connectivity index (χ0n) is 23.8. The van der Waals surface area contributed by atoms with Gasteiger partial charge in [0.2, 0.25) is 5.92 Å². The Labute approximate surface area is 243 Å². The van der Waals surface area contributed by atoms with Crippen LogP contribution in [0.3, 0.4) is 0 Å². The lowest BCUT2D eigenvalue weighted by Crippen LogP contribution is -2.43. The zero-order valence-corrected chi connectivity index (χ0v) is 23.8. The highest BCUT2D eigenvalue weighted by Crippen LogP contribution is 2.37. The van der Waals surface area contributed by atoms with Gasteiger partial charge in [0.1, 0.15) is 23.7 Å². The molecule has 1 aliphatic heterocycles. The zero-order chi connectivity index (χ0) is 29.4. The SMILES string of the molecule is Cc1cccc(-c2cccc(-c3ncc(C(=O)O)n3C)n2)c1OCc1ccc2c(c1)CCN(C1CCC(F)(F)CC1)C2. The van der Waals surface area contributed by atoms with Crippen LogP contribution in [0.25, 0.3) is 22.8 Å². The second-order valence-electron chi connectivity index (χ2n) is 11.4. The van der Waals surface area contributed by atoms with Gasteiger partial charge in [-0.1, -0.05) is 36.4 Å². The van der Waals surface area contributed by atoms with Crippen LogP contribution in [0.4, 0.5) is 8.78 Å². The van der Waals surface area contributed by atoms with E-state index in [-0.39, 0.29) is 24.6 Å². The van der Waals surface area contributed by atoms with Crippen molar-refractivity contribution >= 4 is 5.97 Å². The number of rotatable bonds is 7. The molecule has 1 saturated carbocycles. The molecule has 42 heavy (non-hydrogen) atoms.